The zero-order valence-corrected chi connectivity index (χ0v) is 15.9. The molecule has 5 heteroatoms. The van der Waals surface area contributed by atoms with Gasteiger partial charge in [-0.2, -0.15) is 5.26 Å². The van der Waals surface area contributed by atoms with Gasteiger partial charge in [0.05, 0.1) is 6.04 Å². The molecule has 0 atom stereocenters. The monoisotopic (exact) mass is 381 g/mol. The van der Waals surface area contributed by atoms with Crippen molar-refractivity contribution in [2.24, 2.45) is 0 Å². The minimum Gasteiger partial charge on any atom is -0.443 e. The van der Waals surface area contributed by atoms with Crippen molar-refractivity contribution in [2.75, 3.05) is 0 Å². The number of nitrogens with one attached hydrogen (secondary N) is 1. The first-order chi connectivity index (χ1) is 14.2. The molecule has 1 N–H and O–H groups in total. The van der Waals surface area contributed by atoms with E-state index in [0.29, 0.717) is 11.6 Å². The van der Waals surface area contributed by atoms with E-state index < -0.39 is 0 Å². The van der Waals surface area contributed by atoms with Gasteiger partial charge in [-0.05, 0) is 30.2 Å². The number of hydrogen-bond acceptors (Lipinski definition) is 3. The van der Waals surface area contributed by atoms with E-state index in [4.69, 9.17) is 4.42 Å². The number of aromatic nitrogens is 1. The molecule has 0 unspecified atom stereocenters. The second-order valence-corrected chi connectivity index (χ2v) is 6.64. The number of amides is 1. The summed E-state index contributed by atoms with van der Waals surface area (Å²) in [5, 5.41) is 12.8. The number of carbonyl (C=O) groups is 1. The molecule has 2 aromatic carbocycles. The SMILES string of the molecule is Cc1oc(-n2cccc2)c(C#N)c1C(=O)NC(c1ccccc1)c1ccccc1. The van der Waals surface area contributed by atoms with Gasteiger partial charge in [0.15, 0.2) is 0 Å². The standard InChI is InChI=1S/C24H19N3O2/c1-17-21(20(16-25)24(29-17)27-14-8-9-15-27)23(28)26-22(18-10-4-2-5-11-18)19-12-6-3-7-13-19/h2-15,22H,1H3,(H,26,28). The molecule has 1 amide bonds. The van der Waals surface area contributed by atoms with Crippen LogP contribution in [0.3, 0.4) is 0 Å². The molecule has 2 aromatic heterocycles. The molecule has 4 rings (SSSR count). The van der Waals surface area contributed by atoms with Crippen molar-refractivity contribution >= 4 is 5.91 Å². The van der Waals surface area contributed by atoms with E-state index in [1.165, 1.54) is 0 Å². The van der Waals surface area contributed by atoms with Gasteiger partial charge in [-0.25, -0.2) is 0 Å². The molecule has 0 radical (unpaired) electrons. The predicted molar refractivity (Wildman–Crippen MR) is 110 cm³/mol. The zero-order chi connectivity index (χ0) is 20.2. The van der Waals surface area contributed by atoms with E-state index in [-0.39, 0.29) is 23.1 Å². The first kappa shape index (κ1) is 18.3. The van der Waals surface area contributed by atoms with E-state index >= 15 is 0 Å². The van der Waals surface area contributed by atoms with Crippen LogP contribution >= 0.6 is 0 Å². The van der Waals surface area contributed by atoms with Crippen LogP contribution < -0.4 is 5.32 Å². The highest BCUT2D eigenvalue weighted by atomic mass is 16.4. The summed E-state index contributed by atoms with van der Waals surface area (Å²) in [6, 6.07) is 24.9. The Balaban J connectivity index is 1.73. The third-order valence-electron chi connectivity index (χ3n) is 4.78. The quantitative estimate of drug-likeness (QED) is 0.541. The Morgan fingerprint density at radius 3 is 2.03 bits per heavy atom. The van der Waals surface area contributed by atoms with Crippen molar-refractivity contribution in [1.29, 1.82) is 5.26 Å². The van der Waals surface area contributed by atoms with Crippen molar-refractivity contribution in [2.45, 2.75) is 13.0 Å². The van der Waals surface area contributed by atoms with E-state index in [2.05, 4.69) is 11.4 Å². The number of aryl methyl sites for hydroxylation is 1. The van der Waals surface area contributed by atoms with Crippen LogP contribution in [0.25, 0.3) is 5.88 Å². The molecule has 4 aromatic rings. The van der Waals surface area contributed by atoms with Gasteiger partial charge >= 0.3 is 0 Å². The molecule has 0 fully saturated rings. The van der Waals surface area contributed by atoms with Gasteiger partial charge in [0.2, 0.25) is 5.88 Å². The molecule has 0 spiro atoms. The largest absolute Gasteiger partial charge is 0.443 e. The molecular weight excluding hydrogens is 362 g/mol. The van der Waals surface area contributed by atoms with Crippen LogP contribution in [0.2, 0.25) is 0 Å². The van der Waals surface area contributed by atoms with Gasteiger partial charge in [0, 0.05) is 12.4 Å². The number of furan rings is 1. The second kappa shape index (κ2) is 7.91. The fraction of sp³-hybridized carbons (Fsp3) is 0.0833. The molecular formula is C24H19N3O2. The first-order valence-electron chi connectivity index (χ1n) is 9.26. The number of nitriles is 1. The maximum absolute atomic E-state index is 13.3. The predicted octanol–water partition coefficient (Wildman–Crippen LogP) is 4.77. The first-order valence-corrected chi connectivity index (χ1v) is 9.26. The van der Waals surface area contributed by atoms with Gasteiger partial charge in [-0.1, -0.05) is 60.7 Å². The normalized spacial score (nSPS) is 10.7. The Hall–Kier alpha value is -4.04. The van der Waals surface area contributed by atoms with Crippen molar-refractivity contribution in [3.8, 4) is 12.0 Å². The number of benzene rings is 2. The fourth-order valence-corrected chi connectivity index (χ4v) is 3.41. The van der Waals surface area contributed by atoms with E-state index in [0.717, 1.165) is 11.1 Å². The van der Waals surface area contributed by atoms with Gasteiger partial charge < -0.3 is 9.73 Å². The minimum absolute atomic E-state index is 0.219. The summed E-state index contributed by atoms with van der Waals surface area (Å²) in [6.45, 7) is 1.70. The molecule has 0 aliphatic rings. The Kier molecular flexibility index (Phi) is 5.00. The Labute approximate surface area is 168 Å². The summed E-state index contributed by atoms with van der Waals surface area (Å²) >= 11 is 0. The molecule has 0 saturated carbocycles. The average molecular weight is 381 g/mol. The van der Waals surface area contributed by atoms with Gasteiger partial charge in [-0.15, -0.1) is 0 Å². The highest BCUT2D eigenvalue weighted by molar-refractivity contribution is 5.99. The fourth-order valence-electron chi connectivity index (χ4n) is 3.41. The Bertz CT molecular complexity index is 1110. The van der Waals surface area contributed by atoms with E-state index in [1.807, 2.05) is 72.8 Å². The van der Waals surface area contributed by atoms with Crippen LogP contribution in [0.15, 0.2) is 89.6 Å². The molecule has 0 bridgehead atoms. The van der Waals surface area contributed by atoms with Crippen LogP contribution in [0.5, 0.6) is 0 Å². The second-order valence-electron chi connectivity index (χ2n) is 6.64. The lowest BCUT2D eigenvalue weighted by atomic mass is 9.98. The lowest BCUT2D eigenvalue weighted by Crippen LogP contribution is -2.30. The van der Waals surface area contributed by atoms with Crippen LogP contribution in [0, 0.1) is 18.3 Å². The van der Waals surface area contributed by atoms with Crippen LogP contribution in [0.1, 0.15) is 38.9 Å². The average Bonchev–Trinajstić information content (AvgIpc) is 3.40. The highest BCUT2D eigenvalue weighted by Crippen LogP contribution is 2.28. The summed E-state index contributed by atoms with van der Waals surface area (Å²) in [5.74, 6) is 0.401. The maximum atomic E-state index is 13.3. The molecule has 0 aliphatic heterocycles. The van der Waals surface area contributed by atoms with Gasteiger partial charge in [0.1, 0.15) is 23.0 Å². The molecule has 29 heavy (non-hydrogen) atoms. The molecule has 0 saturated heterocycles. The highest BCUT2D eigenvalue weighted by Gasteiger charge is 2.27. The Morgan fingerprint density at radius 1 is 0.966 bits per heavy atom. The summed E-state index contributed by atoms with van der Waals surface area (Å²) < 4.78 is 7.46. The summed E-state index contributed by atoms with van der Waals surface area (Å²) in [7, 11) is 0. The lowest BCUT2D eigenvalue weighted by molar-refractivity contribution is 0.0941. The minimum atomic E-state index is -0.348. The molecule has 0 aliphatic carbocycles. The number of carbonyl (C=O) groups excluding carboxylic acids is 1. The summed E-state index contributed by atoms with van der Waals surface area (Å²) in [4.78, 5) is 13.3. The smallest absolute Gasteiger partial charge is 0.257 e. The summed E-state index contributed by atoms with van der Waals surface area (Å²) in [5.41, 5.74) is 2.39. The van der Waals surface area contributed by atoms with E-state index in [9.17, 15) is 10.1 Å². The van der Waals surface area contributed by atoms with Crippen molar-refractivity contribution in [1.82, 2.24) is 9.88 Å². The molecule has 2 heterocycles. The number of hydrogen-bond donors (Lipinski definition) is 1. The molecule has 142 valence electrons. The van der Waals surface area contributed by atoms with Crippen LogP contribution in [-0.2, 0) is 0 Å². The van der Waals surface area contributed by atoms with Crippen molar-refractivity contribution < 1.29 is 9.21 Å². The van der Waals surface area contributed by atoms with Gasteiger partial charge in [0.25, 0.3) is 5.91 Å². The van der Waals surface area contributed by atoms with Crippen molar-refractivity contribution in [3.05, 3.63) is 113 Å². The van der Waals surface area contributed by atoms with Crippen molar-refractivity contribution in [3.63, 3.8) is 0 Å². The summed E-state index contributed by atoms with van der Waals surface area (Å²) in [6.07, 6.45) is 3.55. The number of nitrogens with zero attached hydrogens (tertiary/aromatic N) is 2. The third-order valence-corrected chi connectivity index (χ3v) is 4.78. The third kappa shape index (κ3) is 3.56. The van der Waals surface area contributed by atoms with Crippen LogP contribution in [0.4, 0.5) is 0 Å². The molecule has 5 nitrogen and oxygen atoms in total. The zero-order valence-electron chi connectivity index (χ0n) is 15.9. The van der Waals surface area contributed by atoms with Gasteiger partial charge in [-0.3, -0.25) is 9.36 Å². The maximum Gasteiger partial charge on any atom is 0.257 e. The van der Waals surface area contributed by atoms with E-state index in [1.54, 1.807) is 23.9 Å². The Morgan fingerprint density at radius 2 is 1.52 bits per heavy atom. The van der Waals surface area contributed by atoms with Crippen LogP contribution in [-0.4, -0.2) is 10.5 Å². The number of rotatable bonds is 5. The lowest BCUT2D eigenvalue weighted by Gasteiger charge is -2.20. The topological polar surface area (TPSA) is 71.0 Å².